The number of hydrogen-bond acceptors (Lipinski definition) is 11. The average Bonchev–Trinajstić information content (AvgIpc) is 3.27. The number of amides is 2. The third-order valence-corrected chi connectivity index (χ3v) is 21.1. The van der Waals surface area contributed by atoms with E-state index in [1.165, 1.54) is 0 Å². The molecule has 6 fully saturated rings. The summed E-state index contributed by atoms with van der Waals surface area (Å²) in [5, 5.41) is 4.99. The minimum atomic E-state index is -3.48. The maximum atomic E-state index is 13.3. The van der Waals surface area contributed by atoms with Crippen molar-refractivity contribution in [3.63, 3.8) is 0 Å². The smallest absolute Gasteiger partial charge is 0.314 e. The summed E-state index contributed by atoms with van der Waals surface area (Å²) in [6, 6.07) is -0.336. The Hall–Kier alpha value is 0.01000. The zero-order chi connectivity index (χ0) is 47.3. The summed E-state index contributed by atoms with van der Waals surface area (Å²) in [6.07, 6.45) is 10.2. The largest absolute Gasteiger partial charge is 0.378 e. The first-order valence-corrected chi connectivity index (χ1v) is 29.7. The van der Waals surface area contributed by atoms with E-state index >= 15 is 0 Å². The third kappa shape index (κ3) is 16.5. The van der Waals surface area contributed by atoms with Gasteiger partial charge in [-0.3, -0.25) is 0 Å². The molecule has 0 spiro atoms. The highest BCUT2D eigenvalue weighted by Crippen LogP contribution is 2.50. The maximum Gasteiger partial charge on any atom is 0.314 e. The quantitative estimate of drug-likeness (QED) is 0.0764. The van der Waals surface area contributed by atoms with E-state index in [2.05, 4.69) is 44.0 Å². The van der Waals surface area contributed by atoms with E-state index in [0.717, 1.165) is 77.5 Å². The van der Waals surface area contributed by atoms with Gasteiger partial charge in [-0.2, -0.15) is 0 Å². The third-order valence-electron chi connectivity index (χ3n) is 15.6. The monoisotopic (exact) mass is 1050 g/mol. The van der Waals surface area contributed by atoms with Gasteiger partial charge in [-0.05, 0) is 113 Å². The molecule has 21 heteroatoms. The van der Waals surface area contributed by atoms with E-state index < -0.39 is 30.5 Å². The highest BCUT2D eigenvalue weighted by molar-refractivity contribution is 7.90. The van der Waals surface area contributed by atoms with E-state index in [4.69, 9.17) is 65.4 Å². The number of piperidine rings is 2. The van der Waals surface area contributed by atoms with Gasteiger partial charge < -0.3 is 39.4 Å². The van der Waals surface area contributed by atoms with Crippen molar-refractivity contribution in [1.29, 1.82) is 0 Å². The highest BCUT2D eigenvalue weighted by atomic mass is 35.5. The molecule has 0 aromatic rings. The van der Waals surface area contributed by atoms with Gasteiger partial charge in [0.05, 0.1) is 63.4 Å². The lowest BCUT2D eigenvalue weighted by atomic mass is 9.63. The van der Waals surface area contributed by atoms with Crippen molar-refractivity contribution in [2.75, 3.05) is 119 Å². The van der Waals surface area contributed by atoms with Crippen molar-refractivity contribution >= 4 is 72.5 Å². The minimum Gasteiger partial charge on any atom is -0.378 e. The molecule has 15 nitrogen and oxygen atoms in total. The van der Waals surface area contributed by atoms with Gasteiger partial charge in [-0.25, -0.2) is 31.1 Å². The van der Waals surface area contributed by atoms with Gasteiger partial charge in [0.15, 0.2) is 0 Å². The molecule has 4 saturated carbocycles. The molecule has 0 bridgehead atoms. The number of carbonyl (C=O) groups excluding carboxylic acids is 1. The Balaban J connectivity index is 0.723. The van der Waals surface area contributed by atoms with E-state index in [1.54, 1.807) is 0 Å². The normalized spacial score (nSPS) is 36.0. The molecule has 0 radical (unpaired) electrons. The fourth-order valence-corrected chi connectivity index (χ4v) is 17.6. The number of ether oxygens (including phenoxy) is 4. The van der Waals surface area contributed by atoms with Crippen LogP contribution in [0.2, 0.25) is 0 Å². The highest BCUT2D eigenvalue weighted by Gasteiger charge is 2.49. The van der Waals surface area contributed by atoms with Crippen molar-refractivity contribution in [2.24, 2.45) is 47.3 Å². The molecule has 6 aliphatic rings. The Bertz CT molecular complexity index is 1580. The molecule has 2 saturated heterocycles. The number of alkyl halides is 4. The van der Waals surface area contributed by atoms with Crippen molar-refractivity contribution < 1.29 is 40.6 Å². The second kappa shape index (κ2) is 27.2. The SMILES string of the molecule is CN1CC2C(Cl)CC(Cl)CC2C(C2CCCC(S(=O)(=O)NCCOCCOCCNC(=O)NCCOCCOCCNS(=O)(=O)C3CCCC(C4CN(C)CC5C(Cl)CC(Cl)CC54)C3)C2)C1. The predicted octanol–water partition coefficient (Wildman–Crippen LogP) is 4.91. The average molecular weight is 1060 g/mol. The van der Waals surface area contributed by atoms with Gasteiger partial charge in [0, 0.05) is 73.9 Å². The van der Waals surface area contributed by atoms with Gasteiger partial charge >= 0.3 is 6.03 Å². The molecule has 2 aliphatic heterocycles. The second-order valence-electron chi connectivity index (χ2n) is 20.2. The molecule has 2 heterocycles. The number of carbonyl (C=O) groups is 1. The number of likely N-dealkylation sites (tertiary alicyclic amines) is 2. The Morgan fingerprint density at radius 1 is 0.485 bits per heavy atom. The number of rotatable bonds is 24. The Kier molecular flexibility index (Phi) is 22.8. The van der Waals surface area contributed by atoms with Crippen LogP contribution in [0.3, 0.4) is 0 Å². The van der Waals surface area contributed by atoms with E-state index in [-0.39, 0.29) is 53.8 Å². The van der Waals surface area contributed by atoms with Crippen molar-refractivity contribution in [3.05, 3.63) is 0 Å². The number of halogens is 4. The van der Waals surface area contributed by atoms with Crippen LogP contribution in [0.4, 0.5) is 4.79 Å². The lowest BCUT2D eigenvalue weighted by Crippen LogP contribution is -2.54. The first-order valence-electron chi connectivity index (χ1n) is 24.8. The summed E-state index contributed by atoms with van der Waals surface area (Å²) in [4.78, 5) is 16.9. The molecule has 4 aliphatic carbocycles. The van der Waals surface area contributed by atoms with Gasteiger partial charge in [0.1, 0.15) is 0 Å². The van der Waals surface area contributed by atoms with Crippen LogP contribution in [0.25, 0.3) is 0 Å². The number of urea groups is 1. The predicted molar refractivity (Wildman–Crippen MR) is 263 cm³/mol. The Morgan fingerprint density at radius 2 is 0.848 bits per heavy atom. The molecule has 0 aromatic carbocycles. The number of nitrogens with one attached hydrogen (secondary N) is 4. The van der Waals surface area contributed by atoms with Crippen LogP contribution >= 0.6 is 46.4 Å². The van der Waals surface area contributed by atoms with Crippen LogP contribution in [0.5, 0.6) is 0 Å². The molecule has 6 rings (SSSR count). The summed E-state index contributed by atoms with van der Waals surface area (Å²) < 4.78 is 81.1. The second-order valence-corrected chi connectivity index (χ2v) is 26.6. The summed E-state index contributed by atoms with van der Waals surface area (Å²) in [5.41, 5.74) is 0. The van der Waals surface area contributed by atoms with E-state index in [0.29, 0.717) is 126 Å². The Morgan fingerprint density at radius 3 is 1.24 bits per heavy atom. The molecule has 2 amide bonds. The molecule has 14 atom stereocenters. The zero-order valence-electron chi connectivity index (χ0n) is 39.3. The lowest BCUT2D eigenvalue weighted by Gasteiger charge is -2.51. The number of sulfonamides is 2. The van der Waals surface area contributed by atoms with E-state index in [1.807, 2.05) is 0 Å². The van der Waals surface area contributed by atoms with Crippen LogP contribution in [0.1, 0.15) is 77.0 Å². The Labute approximate surface area is 416 Å². The zero-order valence-corrected chi connectivity index (χ0v) is 43.9. The van der Waals surface area contributed by atoms with Crippen LogP contribution in [0.15, 0.2) is 0 Å². The van der Waals surface area contributed by atoms with Gasteiger partial charge in [-0.15, -0.1) is 46.4 Å². The van der Waals surface area contributed by atoms with Crippen LogP contribution in [0, 0.1) is 47.3 Å². The molecule has 4 N–H and O–H groups in total. The fourth-order valence-electron chi connectivity index (χ4n) is 12.5. The summed E-state index contributed by atoms with van der Waals surface area (Å²) >= 11 is 26.9. The van der Waals surface area contributed by atoms with Gasteiger partial charge in [0.25, 0.3) is 0 Å². The molecule has 0 aromatic heterocycles. The van der Waals surface area contributed by atoms with Crippen LogP contribution < -0.4 is 20.1 Å². The first-order chi connectivity index (χ1) is 31.6. The fraction of sp³-hybridized carbons (Fsp3) is 0.978. The van der Waals surface area contributed by atoms with Crippen molar-refractivity contribution in [3.8, 4) is 0 Å². The number of hydrogen-bond donors (Lipinski definition) is 4. The van der Waals surface area contributed by atoms with Gasteiger partial charge in [0.2, 0.25) is 20.0 Å². The molecular formula is C45H80Cl4N6O9S2. The number of fused-ring (bicyclic) bond motifs is 2. The van der Waals surface area contributed by atoms with Crippen LogP contribution in [-0.4, -0.2) is 184 Å². The minimum absolute atomic E-state index is 0.0765. The summed E-state index contributed by atoms with van der Waals surface area (Å²) in [6.45, 7) is 7.31. The molecule has 384 valence electrons. The van der Waals surface area contributed by atoms with Gasteiger partial charge in [-0.1, -0.05) is 25.7 Å². The topological polar surface area (TPSA) is 177 Å². The first kappa shape index (κ1) is 55.3. The molecule has 66 heavy (non-hydrogen) atoms. The van der Waals surface area contributed by atoms with Crippen molar-refractivity contribution in [1.82, 2.24) is 29.9 Å². The molecule has 14 unspecified atom stereocenters. The standard InChI is InChI=1S/C45H80Cl4N6O9S2/c1-54-27-39(37-23-33(46)25-43(48)41(37)29-54)31-5-3-7-35(21-31)65(57,58)52-11-15-63-19-17-61-13-9-50-45(56)51-10-14-62-18-20-64-16-12-53-66(59,60)36-8-4-6-32(22-36)40-28-55(2)30-42-38(40)24-34(47)26-44(42)49/h31-44,52-53H,3-30H2,1-2H3,(H2,50,51,56). The van der Waals surface area contributed by atoms with E-state index in [9.17, 15) is 21.6 Å². The maximum absolute atomic E-state index is 13.3. The lowest BCUT2D eigenvalue weighted by molar-refractivity contribution is 0.0109. The van der Waals surface area contributed by atoms with Crippen LogP contribution in [-0.2, 0) is 39.0 Å². The number of nitrogens with zero attached hydrogens (tertiary/aromatic N) is 2. The summed E-state index contributed by atoms with van der Waals surface area (Å²) in [5.74, 6) is 3.25. The summed E-state index contributed by atoms with van der Waals surface area (Å²) in [7, 11) is -2.65. The van der Waals surface area contributed by atoms with Crippen molar-refractivity contribution in [2.45, 2.75) is 109 Å². The molecular weight excluding hydrogens is 974 g/mol.